The van der Waals surface area contributed by atoms with E-state index in [2.05, 4.69) is 15.3 Å². The van der Waals surface area contributed by atoms with E-state index in [0.717, 1.165) is 18.3 Å². The molecule has 7 N–H and O–H groups in total. The number of nitrogens with one attached hydrogen (secondary N) is 1. The average molecular weight is 518 g/mol. The summed E-state index contributed by atoms with van der Waals surface area (Å²) in [6.07, 6.45) is -2.88. The third-order valence-electron chi connectivity index (χ3n) is 5.25. The van der Waals surface area contributed by atoms with Crippen molar-refractivity contribution in [3.63, 3.8) is 0 Å². The van der Waals surface area contributed by atoms with Crippen LogP contribution < -0.4 is 22.5 Å². The number of halogens is 5. The lowest BCUT2D eigenvalue weighted by Gasteiger charge is -2.26. The standard InChI is InChI=1S/C21H24F5N7OS/c22-10-4-6-33(7-5-13(10)28)19(30-9-15(25)26)14(8-27)31-20(34)17-18(29)35-21(32-17)16-11(23)2-1-3-12(16)24/h1-3,8,10,13,15H,4-7,9,27-29H2,(H,31,34)/t10-,13-/m0/s1. The van der Waals surface area contributed by atoms with E-state index >= 15 is 0 Å². The molecule has 2 aromatic rings. The average Bonchev–Trinajstić information content (AvgIpc) is 3.10. The Morgan fingerprint density at radius 3 is 2.57 bits per heavy atom. The summed E-state index contributed by atoms with van der Waals surface area (Å²) in [6.45, 7) is -0.605. The summed E-state index contributed by atoms with van der Waals surface area (Å²) in [5.74, 6) is -2.77. The third-order valence-corrected chi connectivity index (χ3v) is 6.15. The number of thiazole rings is 1. The highest BCUT2D eigenvalue weighted by Gasteiger charge is 2.28. The number of carbonyl (C=O) groups is 1. The Hall–Kier alpha value is -3.26. The summed E-state index contributed by atoms with van der Waals surface area (Å²) in [5, 5.41) is 2.11. The molecule has 190 valence electrons. The molecule has 35 heavy (non-hydrogen) atoms. The lowest BCUT2D eigenvalue weighted by atomic mass is 10.1. The van der Waals surface area contributed by atoms with Crippen molar-refractivity contribution in [1.82, 2.24) is 15.2 Å². The summed E-state index contributed by atoms with van der Waals surface area (Å²) in [5.41, 5.74) is 16.4. The Kier molecular flexibility index (Phi) is 8.62. The van der Waals surface area contributed by atoms with Gasteiger partial charge >= 0.3 is 0 Å². The first-order chi connectivity index (χ1) is 16.6. The summed E-state index contributed by atoms with van der Waals surface area (Å²) in [4.78, 5) is 22.3. The summed E-state index contributed by atoms with van der Waals surface area (Å²) in [6, 6.07) is 2.51. The largest absolute Gasteiger partial charge is 0.403 e. The van der Waals surface area contributed by atoms with E-state index in [1.54, 1.807) is 0 Å². The van der Waals surface area contributed by atoms with Crippen molar-refractivity contribution < 1.29 is 26.7 Å². The number of nitrogens with zero attached hydrogens (tertiary/aromatic N) is 3. The van der Waals surface area contributed by atoms with Crippen LogP contribution in [-0.4, -0.2) is 59.9 Å². The van der Waals surface area contributed by atoms with Gasteiger partial charge in [-0.2, -0.15) is 0 Å². The zero-order valence-electron chi connectivity index (χ0n) is 18.4. The molecular formula is C21H24F5N7OS. The van der Waals surface area contributed by atoms with Crippen LogP contribution in [0.4, 0.5) is 27.0 Å². The summed E-state index contributed by atoms with van der Waals surface area (Å²) < 4.78 is 68.1. The third kappa shape index (κ3) is 6.25. The highest BCUT2D eigenvalue weighted by atomic mass is 32.1. The molecule has 1 aromatic heterocycles. The number of likely N-dealkylation sites (tertiary alicyclic amines) is 1. The van der Waals surface area contributed by atoms with Gasteiger partial charge in [-0.1, -0.05) is 17.4 Å². The van der Waals surface area contributed by atoms with Gasteiger partial charge in [-0.05, 0) is 25.0 Å². The maximum Gasteiger partial charge on any atom is 0.277 e. The minimum absolute atomic E-state index is 0.0251. The molecule has 0 bridgehead atoms. The number of nitrogens with two attached hydrogens (primary N) is 3. The number of aliphatic imine (C=N–C) groups is 1. The lowest BCUT2D eigenvalue weighted by molar-refractivity contribution is 0.0963. The predicted molar refractivity (Wildman–Crippen MR) is 124 cm³/mol. The number of aromatic nitrogens is 1. The number of benzene rings is 1. The van der Waals surface area contributed by atoms with Crippen LogP contribution in [0.3, 0.4) is 0 Å². The molecule has 0 spiro atoms. The zero-order valence-corrected chi connectivity index (χ0v) is 19.2. The number of amides is 1. The highest BCUT2D eigenvalue weighted by Crippen LogP contribution is 2.33. The van der Waals surface area contributed by atoms with Crippen LogP contribution in [0.5, 0.6) is 0 Å². The second-order valence-electron chi connectivity index (χ2n) is 7.66. The quantitative estimate of drug-likeness (QED) is 0.264. The maximum absolute atomic E-state index is 14.1. The molecule has 0 radical (unpaired) electrons. The van der Waals surface area contributed by atoms with Gasteiger partial charge in [0.1, 0.15) is 40.2 Å². The fourth-order valence-corrected chi connectivity index (χ4v) is 4.35. The number of hydrogen-bond donors (Lipinski definition) is 4. The van der Waals surface area contributed by atoms with E-state index in [-0.39, 0.29) is 53.2 Å². The number of rotatable bonds is 6. The molecule has 1 amide bonds. The normalized spacial score (nSPS) is 19.7. The minimum Gasteiger partial charge on any atom is -0.403 e. The van der Waals surface area contributed by atoms with Crippen LogP contribution in [-0.2, 0) is 0 Å². The van der Waals surface area contributed by atoms with Gasteiger partial charge in [0, 0.05) is 25.3 Å². The Morgan fingerprint density at radius 2 is 1.94 bits per heavy atom. The molecule has 0 saturated carbocycles. The first kappa shape index (κ1) is 26.3. The molecule has 1 saturated heterocycles. The van der Waals surface area contributed by atoms with Crippen LogP contribution in [0, 0.1) is 11.6 Å². The van der Waals surface area contributed by atoms with Gasteiger partial charge in [0.15, 0.2) is 5.69 Å². The number of alkyl halides is 3. The van der Waals surface area contributed by atoms with E-state index in [1.807, 2.05) is 0 Å². The van der Waals surface area contributed by atoms with Crippen LogP contribution in [0.2, 0.25) is 0 Å². The van der Waals surface area contributed by atoms with Crippen molar-refractivity contribution in [2.24, 2.45) is 16.5 Å². The van der Waals surface area contributed by atoms with E-state index in [4.69, 9.17) is 17.2 Å². The maximum atomic E-state index is 14.1. The van der Waals surface area contributed by atoms with Gasteiger partial charge in [-0.3, -0.25) is 9.79 Å². The minimum atomic E-state index is -2.78. The molecule has 8 nitrogen and oxygen atoms in total. The zero-order chi connectivity index (χ0) is 25.7. The summed E-state index contributed by atoms with van der Waals surface area (Å²) in [7, 11) is 0. The number of hydrogen-bond acceptors (Lipinski definition) is 7. The predicted octanol–water partition coefficient (Wildman–Crippen LogP) is 2.63. The molecular weight excluding hydrogens is 493 g/mol. The van der Waals surface area contributed by atoms with Crippen molar-refractivity contribution in [1.29, 1.82) is 0 Å². The second-order valence-corrected chi connectivity index (χ2v) is 8.69. The highest BCUT2D eigenvalue weighted by molar-refractivity contribution is 7.19. The van der Waals surface area contributed by atoms with Crippen molar-refractivity contribution in [3.8, 4) is 10.6 Å². The Labute approximate surface area is 201 Å². The molecule has 0 unspecified atom stereocenters. The van der Waals surface area contributed by atoms with Gasteiger partial charge in [-0.15, -0.1) is 0 Å². The smallest absolute Gasteiger partial charge is 0.277 e. The van der Waals surface area contributed by atoms with E-state index in [0.29, 0.717) is 11.3 Å². The molecule has 1 fully saturated rings. The topological polar surface area (TPSA) is 136 Å². The number of anilines is 1. The molecule has 2 atom stereocenters. The van der Waals surface area contributed by atoms with Gasteiger partial charge in [-0.25, -0.2) is 26.9 Å². The van der Waals surface area contributed by atoms with Crippen LogP contribution in [0.15, 0.2) is 35.1 Å². The van der Waals surface area contributed by atoms with Crippen molar-refractivity contribution in [2.75, 3.05) is 25.4 Å². The van der Waals surface area contributed by atoms with Crippen LogP contribution >= 0.6 is 11.3 Å². The van der Waals surface area contributed by atoms with E-state index in [9.17, 15) is 26.7 Å². The van der Waals surface area contributed by atoms with E-state index < -0.39 is 48.3 Å². The Morgan fingerprint density at radius 1 is 1.29 bits per heavy atom. The fraction of sp³-hybridized carbons (Fsp3) is 0.381. The molecule has 1 aliphatic heterocycles. The molecule has 1 aromatic carbocycles. The number of nitrogen functional groups attached to an aromatic ring is 1. The van der Waals surface area contributed by atoms with Gasteiger partial charge in [0.25, 0.3) is 12.3 Å². The van der Waals surface area contributed by atoms with Crippen molar-refractivity contribution >= 4 is 28.1 Å². The molecule has 1 aliphatic rings. The van der Waals surface area contributed by atoms with E-state index in [1.165, 1.54) is 11.0 Å². The van der Waals surface area contributed by atoms with Gasteiger partial charge in [0.2, 0.25) is 0 Å². The lowest BCUT2D eigenvalue weighted by Crippen LogP contribution is -2.40. The SMILES string of the molecule is NC=C(NC(=O)c1nc(-c2c(F)cccc2F)sc1N)C(=NCC(F)F)N1CC[C@H](N)[C@@H](F)CC1. The first-order valence-corrected chi connectivity index (χ1v) is 11.4. The van der Waals surface area contributed by atoms with Gasteiger partial charge < -0.3 is 27.4 Å². The van der Waals surface area contributed by atoms with Crippen LogP contribution in [0.1, 0.15) is 23.3 Å². The van der Waals surface area contributed by atoms with Gasteiger partial charge in [0.05, 0.1) is 11.3 Å². The molecule has 0 aliphatic carbocycles. The van der Waals surface area contributed by atoms with Crippen LogP contribution in [0.25, 0.3) is 10.6 Å². The Balaban J connectivity index is 1.88. The number of carbonyl (C=O) groups excluding carboxylic acids is 1. The second kappa shape index (κ2) is 11.4. The fourth-order valence-electron chi connectivity index (χ4n) is 3.47. The molecule has 3 rings (SSSR count). The molecule has 14 heteroatoms. The number of amidine groups is 1. The Bertz CT molecular complexity index is 1090. The summed E-state index contributed by atoms with van der Waals surface area (Å²) >= 11 is 0.692. The monoisotopic (exact) mass is 517 g/mol. The van der Waals surface area contributed by atoms with Crippen molar-refractivity contribution in [2.45, 2.75) is 31.5 Å². The first-order valence-electron chi connectivity index (χ1n) is 10.5. The molecule has 2 heterocycles. The van der Waals surface area contributed by atoms with Crippen molar-refractivity contribution in [3.05, 3.63) is 47.4 Å².